The molecule has 1 spiro atoms. The Kier molecular flexibility index (Phi) is 2.00. The quantitative estimate of drug-likeness (QED) is 0.434. The minimum absolute atomic E-state index is 0.657. The predicted molar refractivity (Wildman–Crippen MR) is 64.4 cm³/mol. The van der Waals surface area contributed by atoms with Crippen molar-refractivity contribution >= 4 is 0 Å². The highest BCUT2D eigenvalue weighted by atomic mass is 14.7. The summed E-state index contributed by atoms with van der Waals surface area (Å²) in [7, 11) is 0. The number of allylic oxidation sites excluding steroid dienone is 2. The number of hydrogen-bond acceptors (Lipinski definition) is 0. The van der Waals surface area contributed by atoms with Gasteiger partial charge in [-0.3, -0.25) is 0 Å². The van der Waals surface area contributed by atoms with E-state index in [0.29, 0.717) is 10.8 Å². The monoisotopic (exact) mass is 203 g/mol. The molecule has 2 fully saturated rings. The first-order valence-corrected chi connectivity index (χ1v) is 6.66. The second-order valence-electron chi connectivity index (χ2n) is 6.34. The molecule has 0 saturated heterocycles. The van der Waals surface area contributed by atoms with E-state index in [1.165, 1.54) is 44.9 Å². The standard InChI is InChI=1S/C15H23/c1-12-4-6-13(7-5-12)14(2)8-3-9-15(14)10-11-15/h4,9,13H,3,5-8,10-11H2,1-2H3/q+1/t13-,14-/m0/s1. The van der Waals surface area contributed by atoms with Crippen molar-refractivity contribution in [1.29, 1.82) is 0 Å². The van der Waals surface area contributed by atoms with Gasteiger partial charge in [0.25, 0.3) is 0 Å². The average Bonchev–Trinajstić information content (AvgIpc) is 2.92. The van der Waals surface area contributed by atoms with Crippen molar-refractivity contribution in [1.82, 2.24) is 0 Å². The van der Waals surface area contributed by atoms with Crippen LogP contribution in [0.15, 0.2) is 11.6 Å². The van der Waals surface area contributed by atoms with Gasteiger partial charge in [-0.25, -0.2) is 0 Å². The Morgan fingerprint density at radius 2 is 2.13 bits per heavy atom. The molecule has 0 aromatic carbocycles. The van der Waals surface area contributed by atoms with Crippen LogP contribution in [0.25, 0.3) is 0 Å². The van der Waals surface area contributed by atoms with Crippen molar-refractivity contribution < 1.29 is 0 Å². The third-order valence-electron chi connectivity index (χ3n) is 5.66. The first-order valence-electron chi connectivity index (χ1n) is 6.66. The van der Waals surface area contributed by atoms with Crippen LogP contribution in [-0.4, -0.2) is 0 Å². The van der Waals surface area contributed by atoms with Crippen LogP contribution in [0.1, 0.15) is 58.8 Å². The molecule has 0 radical (unpaired) electrons. The summed E-state index contributed by atoms with van der Waals surface area (Å²) in [6.07, 6.45) is 15.2. The van der Waals surface area contributed by atoms with Gasteiger partial charge in [0.05, 0.1) is 12.8 Å². The predicted octanol–water partition coefficient (Wildman–Crippen LogP) is 4.52. The molecule has 0 aromatic rings. The molecule has 0 amide bonds. The van der Waals surface area contributed by atoms with Crippen molar-refractivity contribution in [2.45, 2.75) is 58.8 Å². The van der Waals surface area contributed by atoms with Crippen LogP contribution in [-0.2, 0) is 0 Å². The highest BCUT2D eigenvalue weighted by Crippen LogP contribution is 2.70. The Bertz CT molecular complexity index is 295. The van der Waals surface area contributed by atoms with Gasteiger partial charge in [0.1, 0.15) is 5.41 Å². The lowest BCUT2D eigenvalue weighted by Gasteiger charge is -2.38. The zero-order chi connectivity index (χ0) is 10.5. The molecule has 0 unspecified atom stereocenters. The second kappa shape index (κ2) is 3.06. The SMILES string of the molecule is CC1=CC[C@H]([C@]2(C)CC[CH+]C23CC3)CC1. The molecule has 82 valence electrons. The summed E-state index contributed by atoms with van der Waals surface area (Å²) in [4.78, 5) is 0. The first kappa shape index (κ1) is 9.81. The molecule has 3 aliphatic carbocycles. The summed E-state index contributed by atoms with van der Waals surface area (Å²) < 4.78 is 0. The maximum atomic E-state index is 2.66. The highest BCUT2D eigenvalue weighted by molar-refractivity contribution is 5.21. The summed E-state index contributed by atoms with van der Waals surface area (Å²) in [5.74, 6) is 0.974. The van der Waals surface area contributed by atoms with Crippen LogP contribution in [0.2, 0.25) is 0 Å². The average molecular weight is 203 g/mol. The molecule has 0 heteroatoms. The lowest BCUT2D eigenvalue weighted by atomic mass is 9.63. The van der Waals surface area contributed by atoms with Crippen molar-refractivity contribution in [3.8, 4) is 0 Å². The van der Waals surface area contributed by atoms with Crippen LogP contribution in [0.4, 0.5) is 0 Å². The molecule has 3 rings (SSSR count). The summed E-state index contributed by atoms with van der Waals surface area (Å²) in [6, 6.07) is 0. The van der Waals surface area contributed by atoms with Crippen molar-refractivity contribution in [2.75, 3.05) is 0 Å². The second-order valence-corrected chi connectivity index (χ2v) is 6.34. The summed E-state index contributed by atoms with van der Waals surface area (Å²) >= 11 is 0. The molecule has 0 aliphatic heterocycles. The van der Waals surface area contributed by atoms with E-state index < -0.39 is 0 Å². The van der Waals surface area contributed by atoms with Crippen LogP contribution in [0.3, 0.4) is 0 Å². The maximum absolute atomic E-state index is 2.66. The molecular weight excluding hydrogens is 180 g/mol. The van der Waals surface area contributed by atoms with Gasteiger partial charge < -0.3 is 0 Å². The van der Waals surface area contributed by atoms with E-state index >= 15 is 0 Å². The summed E-state index contributed by atoms with van der Waals surface area (Å²) in [5.41, 5.74) is 2.97. The van der Waals surface area contributed by atoms with Gasteiger partial charge in [-0.05, 0) is 51.4 Å². The van der Waals surface area contributed by atoms with E-state index in [0.717, 1.165) is 5.92 Å². The fourth-order valence-electron chi connectivity index (χ4n) is 4.19. The molecule has 0 aromatic heterocycles. The van der Waals surface area contributed by atoms with Crippen LogP contribution in [0, 0.1) is 23.2 Å². The van der Waals surface area contributed by atoms with Crippen LogP contribution >= 0.6 is 0 Å². The van der Waals surface area contributed by atoms with Crippen LogP contribution in [0.5, 0.6) is 0 Å². The van der Waals surface area contributed by atoms with E-state index in [9.17, 15) is 0 Å². The normalized spacial score (nSPS) is 42.5. The minimum Gasteiger partial charge on any atom is -0.0853 e. The largest absolute Gasteiger partial charge is 0.114 e. The third kappa shape index (κ3) is 1.30. The molecule has 0 nitrogen and oxygen atoms in total. The maximum Gasteiger partial charge on any atom is 0.114 e. The Morgan fingerprint density at radius 3 is 2.73 bits per heavy atom. The van der Waals surface area contributed by atoms with Crippen molar-refractivity contribution in [3.05, 3.63) is 18.1 Å². The number of hydrogen-bond donors (Lipinski definition) is 0. The fourth-order valence-corrected chi connectivity index (χ4v) is 4.19. The van der Waals surface area contributed by atoms with E-state index in [-0.39, 0.29) is 0 Å². The van der Waals surface area contributed by atoms with E-state index in [2.05, 4.69) is 26.3 Å². The highest BCUT2D eigenvalue weighted by Gasteiger charge is 2.68. The fraction of sp³-hybridized carbons (Fsp3) is 0.800. The Balaban J connectivity index is 1.81. The molecule has 2 saturated carbocycles. The molecule has 0 N–H and O–H groups in total. The summed E-state index contributed by atoms with van der Waals surface area (Å²) in [6.45, 7) is 4.88. The van der Waals surface area contributed by atoms with Gasteiger partial charge in [-0.1, -0.05) is 18.6 Å². The molecule has 2 atom stereocenters. The third-order valence-corrected chi connectivity index (χ3v) is 5.66. The molecule has 15 heavy (non-hydrogen) atoms. The molecule has 0 heterocycles. The van der Waals surface area contributed by atoms with Gasteiger partial charge in [0.2, 0.25) is 0 Å². The van der Waals surface area contributed by atoms with E-state index in [1.54, 1.807) is 5.57 Å². The smallest absolute Gasteiger partial charge is 0.0853 e. The zero-order valence-electron chi connectivity index (χ0n) is 10.2. The topological polar surface area (TPSA) is 0 Å². The molecule has 0 bridgehead atoms. The van der Waals surface area contributed by atoms with Gasteiger partial charge >= 0.3 is 0 Å². The van der Waals surface area contributed by atoms with Crippen molar-refractivity contribution in [3.63, 3.8) is 0 Å². The number of rotatable bonds is 1. The van der Waals surface area contributed by atoms with Gasteiger partial charge in [-0.2, -0.15) is 0 Å². The Hall–Kier alpha value is -0.390. The summed E-state index contributed by atoms with van der Waals surface area (Å²) in [5, 5.41) is 0. The van der Waals surface area contributed by atoms with E-state index in [4.69, 9.17) is 0 Å². The minimum atomic E-state index is 0.657. The lowest BCUT2D eigenvalue weighted by molar-refractivity contribution is 0.107. The molecular formula is C15H23+. The Labute approximate surface area is 94.1 Å². The molecule has 3 aliphatic rings. The van der Waals surface area contributed by atoms with Gasteiger partial charge in [0.15, 0.2) is 0 Å². The lowest BCUT2D eigenvalue weighted by Crippen LogP contribution is -2.33. The van der Waals surface area contributed by atoms with Crippen molar-refractivity contribution in [2.24, 2.45) is 16.7 Å². The van der Waals surface area contributed by atoms with E-state index in [1.807, 2.05) is 0 Å². The van der Waals surface area contributed by atoms with Crippen LogP contribution < -0.4 is 0 Å². The Morgan fingerprint density at radius 1 is 1.33 bits per heavy atom. The van der Waals surface area contributed by atoms with Gasteiger partial charge in [-0.15, -0.1) is 0 Å². The van der Waals surface area contributed by atoms with Gasteiger partial charge in [0, 0.05) is 5.41 Å². The first-order chi connectivity index (χ1) is 7.16. The zero-order valence-corrected chi connectivity index (χ0v) is 10.2.